The summed E-state index contributed by atoms with van der Waals surface area (Å²) in [6.07, 6.45) is 1.51. The van der Waals surface area contributed by atoms with Crippen LogP contribution in [0.5, 0.6) is 11.5 Å². The van der Waals surface area contributed by atoms with Crippen LogP contribution in [0, 0.1) is 32.1 Å². The molecule has 0 saturated heterocycles. The summed E-state index contributed by atoms with van der Waals surface area (Å²) in [6.45, 7) is 6.63. The first kappa shape index (κ1) is 23.9. The van der Waals surface area contributed by atoms with Crippen LogP contribution >= 0.6 is 11.6 Å². The van der Waals surface area contributed by atoms with Gasteiger partial charge in [-0.15, -0.1) is 0 Å². The van der Waals surface area contributed by atoms with Crippen molar-refractivity contribution in [3.05, 3.63) is 93.0 Å². The molecule has 0 radical (unpaired) electrons. The van der Waals surface area contributed by atoms with Gasteiger partial charge >= 0.3 is 0 Å². The van der Waals surface area contributed by atoms with Gasteiger partial charge in [-0.25, -0.2) is 0 Å². The Morgan fingerprint density at radius 1 is 1.03 bits per heavy atom. The Labute approximate surface area is 199 Å². The van der Waals surface area contributed by atoms with Gasteiger partial charge in [0.25, 0.3) is 5.91 Å². The van der Waals surface area contributed by atoms with Gasteiger partial charge in [-0.1, -0.05) is 35.4 Å². The number of rotatable bonds is 7. The Balaban J connectivity index is 1.77. The quantitative estimate of drug-likeness (QED) is 0.327. The van der Waals surface area contributed by atoms with Gasteiger partial charge in [0.05, 0.1) is 7.11 Å². The number of amides is 1. The molecule has 168 valence electrons. The second-order valence-corrected chi connectivity index (χ2v) is 8.14. The van der Waals surface area contributed by atoms with Gasteiger partial charge < -0.3 is 14.8 Å². The molecule has 0 spiro atoms. The summed E-state index contributed by atoms with van der Waals surface area (Å²) in [5.74, 6) is 0.587. The number of carbonyl (C=O) groups is 1. The lowest BCUT2D eigenvalue weighted by atomic mass is 10.0. The molecule has 6 heteroatoms. The molecule has 0 aliphatic carbocycles. The van der Waals surface area contributed by atoms with Gasteiger partial charge in [-0.05, 0) is 85.5 Å². The molecule has 0 bridgehead atoms. The van der Waals surface area contributed by atoms with E-state index in [9.17, 15) is 10.1 Å². The Kier molecular flexibility index (Phi) is 7.76. The third kappa shape index (κ3) is 6.15. The second kappa shape index (κ2) is 10.7. The van der Waals surface area contributed by atoms with E-state index in [1.165, 1.54) is 22.8 Å². The highest BCUT2D eigenvalue weighted by Crippen LogP contribution is 2.30. The van der Waals surface area contributed by atoms with Crippen LogP contribution in [-0.4, -0.2) is 13.0 Å². The summed E-state index contributed by atoms with van der Waals surface area (Å²) in [6, 6.07) is 18.2. The van der Waals surface area contributed by atoms with Crippen LogP contribution in [0.25, 0.3) is 6.08 Å². The predicted molar refractivity (Wildman–Crippen MR) is 132 cm³/mol. The molecule has 3 aromatic carbocycles. The molecule has 0 heterocycles. The summed E-state index contributed by atoms with van der Waals surface area (Å²) < 4.78 is 11.5. The number of carbonyl (C=O) groups excluding carboxylic acids is 1. The molecule has 0 aliphatic rings. The zero-order valence-electron chi connectivity index (χ0n) is 19.0. The molecule has 0 aliphatic heterocycles. The summed E-state index contributed by atoms with van der Waals surface area (Å²) >= 11 is 5.87. The van der Waals surface area contributed by atoms with E-state index in [1.54, 1.807) is 49.6 Å². The number of hydrogen-bond donors (Lipinski definition) is 1. The maximum atomic E-state index is 12.5. The first-order valence-corrected chi connectivity index (χ1v) is 10.7. The largest absolute Gasteiger partial charge is 0.493 e. The number of aryl methyl sites for hydroxylation is 3. The summed E-state index contributed by atoms with van der Waals surface area (Å²) in [7, 11) is 1.55. The number of ether oxygens (including phenoxy) is 2. The molecule has 0 unspecified atom stereocenters. The van der Waals surface area contributed by atoms with E-state index < -0.39 is 5.91 Å². The predicted octanol–water partition coefficient (Wildman–Crippen LogP) is 6.40. The SMILES string of the molecule is COc1cc(/C=C(\C#N)C(=O)Nc2ccc(Cl)cc2)ccc1OCc1c(C)cc(C)cc1C. The number of nitriles is 1. The van der Waals surface area contributed by atoms with Gasteiger partial charge in [-0.3, -0.25) is 4.79 Å². The highest BCUT2D eigenvalue weighted by molar-refractivity contribution is 6.30. The third-order valence-corrected chi connectivity index (χ3v) is 5.43. The van der Waals surface area contributed by atoms with Crippen molar-refractivity contribution in [2.45, 2.75) is 27.4 Å². The normalized spacial score (nSPS) is 11.0. The molecule has 5 nitrogen and oxygen atoms in total. The van der Waals surface area contributed by atoms with Crippen molar-refractivity contribution < 1.29 is 14.3 Å². The Hall–Kier alpha value is -3.75. The molecule has 33 heavy (non-hydrogen) atoms. The third-order valence-electron chi connectivity index (χ3n) is 5.18. The molecule has 0 fully saturated rings. The van der Waals surface area contributed by atoms with E-state index in [2.05, 4.69) is 38.2 Å². The Morgan fingerprint density at radius 3 is 2.30 bits per heavy atom. The van der Waals surface area contributed by atoms with E-state index in [0.717, 1.165) is 5.56 Å². The molecule has 3 rings (SSSR count). The number of anilines is 1. The highest BCUT2D eigenvalue weighted by atomic mass is 35.5. The smallest absolute Gasteiger partial charge is 0.266 e. The zero-order valence-corrected chi connectivity index (χ0v) is 19.8. The first-order valence-electron chi connectivity index (χ1n) is 10.4. The van der Waals surface area contributed by atoms with Crippen LogP contribution in [0.4, 0.5) is 5.69 Å². The maximum absolute atomic E-state index is 12.5. The molecule has 3 aromatic rings. The van der Waals surface area contributed by atoms with E-state index in [4.69, 9.17) is 21.1 Å². The fourth-order valence-electron chi connectivity index (χ4n) is 3.53. The number of halogens is 1. The Morgan fingerprint density at radius 2 is 1.70 bits per heavy atom. The number of methoxy groups -OCH3 is 1. The lowest BCUT2D eigenvalue weighted by Gasteiger charge is -2.15. The fourth-order valence-corrected chi connectivity index (χ4v) is 3.65. The van der Waals surface area contributed by atoms with Gasteiger partial charge in [0, 0.05) is 10.7 Å². The van der Waals surface area contributed by atoms with E-state index in [-0.39, 0.29) is 5.57 Å². The summed E-state index contributed by atoms with van der Waals surface area (Å²) in [4.78, 5) is 12.5. The lowest BCUT2D eigenvalue weighted by molar-refractivity contribution is -0.112. The average Bonchev–Trinajstić information content (AvgIpc) is 2.78. The number of nitrogens with one attached hydrogen (secondary N) is 1. The summed E-state index contributed by atoms with van der Waals surface area (Å²) in [5.41, 5.74) is 5.87. The first-order chi connectivity index (χ1) is 15.8. The number of benzene rings is 3. The van der Waals surface area contributed by atoms with Gasteiger partial charge in [0.2, 0.25) is 0 Å². The van der Waals surface area contributed by atoms with E-state index >= 15 is 0 Å². The van der Waals surface area contributed by atoms with Crippen LogP contribution in [0.2, 0.25) is 5.02 Å². The molecule has 1 N–H and O–H groups in total. The van der Waals surface area contributed by atoms with Crippen molar-refractivity contribution in [2.75, 3.05) is 12.4 Å². The molecular weight excluding hydrogens is 436 g/mol. The molecule has 0 aromatic heterocycles. The monoisotopic (exact) mass is 460 g/mol. The van der Waals surface area contributed by atoms with Crippen molar-refractivity contribution >= 4 is 29.3 Å². The minimum absolute atomic E-state index is 0.0356. The number of nitrogens with zero attached hydrogens (tertiary/aromatic N) is 1. The number of hydrogen-bond acceptors (Lipinski definition) is 4. The van der Waals surface area contributed by atoms with Crippen molar-refractivity contribution in [2.24, 2.45) is 0 Å². The van der Waals surface area contributed by atoms with E-state index in [0.29, 0.717) is 34.4 Å². The zero-order chi connectivity index (χ0) is 24.0. The Bertz CT molecular complexity index is 1220. The van der Waals surface area contributed by atoms with Gasteiger partial charge in [-0.2, -0.15) is 5.26 Å². The van der Waals surface area contributed by atoms with Crippen molar-refractivity contribution in [1.29, 1.82) is 5.26 Å². The van der Waals surface area contributed by atoms with E-state index in [1.807, 2.05) is 6.07 Å². The second-order valence-electron chi connectivity index (χ2n) is 7.71. The molecule has 0 saturated carbocycles. The van der Waals surface area contributed by atoms with Crippen molar-refractivity contribution in [3.8, 4) is 17.6 Å². The average molecular weight is 461 g/mol. The van der Waals surface area contributed by atoms with Crippen molar-refractivity contribution in [1.82, 2.24) is 0 Å². The topological polar surface area (TPSA) is 71.3 Å². The van der Waals surface area contributed by atoms with Crippen LogP contribution in [-0.2, 0) is 11.4 Å². The lowest BCUT2D eigenvalue weighted by Crippen LogP contribution is -2.13. The standard InChI is InChI=1S/C27H25ClN2O3/c1-17-11-18(2)24(19(3)12-17)16-33-25-10-5-20(14-26(25)32-4)13-21(15-29)27(31)30-23-8-6-22(28)7-9-23/h5-14H,16H2,1-4H3,(H,30,31)/b21-13+. The minimum Gasteiger partial charge on any atom is -0.493 e. The highest BCUT2D eigenvalue weighted by Gasteiger charge is 2.12. The van der Waals surface area contributed by atoms with Gasteiger partial charge in [0.15, 0.2) is 11.5 Å². The maximum Gasteiger partial charge on any atom is 0.266 e. The van der Waals surface area contributed by atoms with Crippen LogP contribution in [0.3, 0.4) is 0 Å². The molecule has 0 atom stereocenters. The van der Waals surface area contributed by atoms with Crippen LogP contribution < -0.4 is 14.8 Å². The minimum atomic E-state index is -0.510. The van der Waals surface area contributed by atoms with Crippen LogP contribution in [0.1, 0.15) is 27.8 Å². The molecule has 1 amide bonds. The van der Waals surface area contributed by atoms with Gasteiger partial charge in [0.1, 0.15) is 18.2 Å². The molecular formula is C27H25ClN2O3. The van der Waals surface area contributed by atoms with Crippen LogP contribution in [0.15, 0.2) is 60.2 Å². The summed E-state index contributed by atoms with van der Waals surface area (Å²) in [5, 5.41) is 12.7. The fraction of sp³-hybridized carbons (Fsp3) is 0.185. The van der Waals surface area contributed by atoms with Crippen molar-refractivity contribution in [3.63, 3.8) is 0 Å².